The van der Waals surface area contributed by atoms with Crippen LogP contribution in [0.1, 0.15) is 57.4 Å². The Hall–Kier alpha value is -3.68. The predicted molar refractivity (Wildman–Crippen MR) is 116 cm³/mol. The van der Waals surface area contributed by atoms with E-state index in [0.717, 1.165) is 0 Å². The summed E-state index contributed by atoms with van der Waals surface area (Å²) in [5.74, 6) is -2.20. The first-order valence-electron chi connectivity index (χ1n) is 9.93. The summed E-state index contributed by atoms with van der Waals surface area (Å²) in [4.78, 5) is 48.8. The molecule has 2 rings (SSSR count). The molecule has 8 heteroatoms. The largest absolute Gasteiger partial charge is 0.467 e. The second-order valence-electron chi connectivity index (χ2n) is 8.02. The molecule has 0 aliphatic heterocycles. The van der Waals surface area contributed by atoms with Gasteiger partial charge in [0.1, 0.15) is 11.6 Å². The third-order valence-corrected chi connectivity index (χ3v) is 4.37. The van der Waals surface area contributed by atoms with Crippen LogP contribution < -0.4 is 5.32 Å². The molecule has 0 aliphatic rings. The van der Waals surface area contributed by atoms with Gasteiger partial charge in [-0.05, 0) is 56.7 Å². The van der Waals surface area contributed by atoms with Crippen LogP contribution in [-0.4, -0.2) is 49.7 Å². The molecule has 8 nitrogen and oxygen atoms in total. The lowest BCUT2D eigenvalue weighted by molar-refractivity contribution is -0.142. The van der Waals surface area contributed by atoms with E-state index in [-0.39, 0.29) is 17.5 Å². The molecule has 0 aromatic heterocycles. The first-order valence-corrected chi connectivity index (χ1v) is 9.93. The second-order valence-corrected chi connectivity index (χ2v) is 8.02. The Morgan fingerprint density at radius 2 is 1.47 bits per heavy atom. The second kappa shape index (κ2) is 10.6. The van der Waals surface area contributed by atoms with Gasteiger partial charge in [0.2, 0.25) is 0 Å². The molecule has 1 amide bonds. The number of carbonyl (C=O) groups excluding carboxylic acids is 4. The van der Waals surface area contributed by atoms with E-state index in [9.17, 15) is 19.2 Å². The highest BCUT2D eigenvalue weighted by atomic mass is 16.6. The molecule has 170 valence electrons. The van der Waals surface area contributed by atoms with E-state index in [1.165, 1.54) is 32.4 Å². The molecular formula is C24H27NO7. The van der Waals surface area contributed by atoms with Crippen LogP contribution >= 0.6 is 0 Å². The monoisotopic (exact) mass is 441 g/mol. The molecule has 32 heavy (non-hydrogen) atoms. The zero-order chi connectivity index (χ0) is 23.9. The maximum absolute atomic E-state index is 12.7. The van der Waals surface area contributed by atoms with Gasteiger partial charge in [-0.15, -0.1) is 0 Å². The molecule has 2 aromatic rings. The van der Waals surface area contributed by atoms with Gasteiger partial charge in [-0.3, -0.25) is 4.79 Å². The maximum Gasteiger partial charge on any atom is 0.338 e. The summed E-state index contributed by atoms with van der Waals surface area (Å²) in [6.07, 6.45) is 0.143. The number of amides is 1. The fraction of sp³-hybridized carbons (Fsp3) is 0.333. The first-order chi connectivity index (χ1) is 15.0. The number of hydrogen-bond acceptors (Lipinski definition) is 7. The molecule has 2 aromatic carbocycles. The Morgan fingerprint density at radius 1 is 0.844 bits per heavy atom. The van der Waals surface area contributed by atoms with Crippen molar-refractivity contribution in [2.24, 2.45) is 0 Å². The van der Waals surface area contributed by atoms with Crippen molar-refractivity contribution in [2.75, 3.05) is 14.2 Å². The van der Waals surface area contributed by atoms with Crippen molar-refractivity contribution in [3.05, 3.63) is 70.8 Å². The molecule has 0 aliphatic carbocycles. The van der Waals surface area contributed by atoms with E-state index in [1.54, 1.807) is 51.1 Å². The maximum atomic E-state index is 12.7. The van der Waals surface area contributed by atoms with E-state index in [1.807, 2.05) is 0 Å². The van der Waals surface area contributed by atoms with Crippen molar-refractivity contribution in [1.29, 1.82) is 0 Å². The van der Waals surface area contributed by atoms with Crippen LogP contribution in [0.3, 0.4) is 0 Å². The Balaban J connectivity index is 2.14. The van der Waals surface area contributed by atoms with E-state index in [0.29, 0.717) is 11.1 Å². The van der Waals surface area contributed by atoms with Crippen molar-refractivity contribution in [1.82, 2.24) is 5.32 Å². The standard InChI is InChI=1S/C24H27NO7/c1-24(2,3)32-22(28)16-11-9-15(10-12-16)13-19(23(29)31-5)25-20(26)17-7-6-8-18(14-17)21(27)30-4/h6-12,14,19H,13H2,1-5H3,(H,25,26)/t19-/m1/s1. The molecule has 0 bridgehead atoms. The molecule has 0 unspecified atom stereocenters. The predicted octanol–water partition coefficient (Wildman–Crippen LogP) is 2.94. The van der Waals surface area contributed by atoms with Crippen LogP contribution in [0.4, 0.5) is 0 Å². The third-order valence-electron chi connectivity index (χ3n) is 4.37. The summed E-state index contributed by atoms with van der Waals surface area (Å²) in [7, 11) is 2.47. The number of ether oxygens (including phenoxy) is 3. The number of benzene rings is 2. The fourth-order valence-electron chi connectivity index (χ4n) is 2.83. The van der Waals surface area contributed by atoms with Crippen molar-refractivity contribution in [3.8, 4) is 0 Å². The van der Waals surface area contributed by atoms with Crippen LogP contribution in [-0.2, 0) is 25.4 Å². The van der Waals surface area contributed by atoms with Crippen molar-refractivity contribution >= 4 is 23.8 Å². The van der Waals surface area contributed by atoms with Gasteiger partial charge in [-0.1, -0.05) is 18.2 Å². The highest BCUT2D eigenvalue weighted by Crippen LogP contribution is 2.14. The van der Waals surface area contributed by atoms with Crippen molar-refractivity contribution in [2.45, 2.75) is 38.8 Å². The number of rotatable bonds is 7. The summed E-state index contributed by atoms with van der Waals surface area (Å²) in [5, 5.41) is 2.63. The van der Waals surface area contributed by atoms with Gasteiger partial charge in [-0.25, -0.2) is 14.4 Å². The van der Waals surface area contributed by atoms with Crippen molar-refractivity contribution < 1.29 is 33.4 Å². The lowest BCUT2D eigenvalue weighted by Crippen LogP contribution is -2.43. The molecule has 0 spiro atoms. The molecule has 0 saturated carbocycles. The summed E-state index contributed by atoms with van der Waals surface area (Å²) in [6, 6.07) is 11.5. The number of hydrogen-bond donors (Lipinski definition) is 1. The lowest BCUT2D eigenvalue weighted by Gasteiger charge is -2.20. The van der Waals surface area contributed by atoms with Crippen LogP contribution in [0.15, 0.2) is 48.5 Å². The van der Waals surface area contributed by atoms with E-state index in [2.05, 4.69) is 10.1 Å². The van der Waals surface area contributed by atoms with Crippen LogP contribution in [0.2, 0.25) is 0 Å². The molecular weight excluding hydrogens is 414 g/mol. The fourth-order valence-corrected chi connectivity index (χ4v) is 2.83. The highest BCUT2D eigenvalue weighted by molar-refractivity contribution is 5.99. The topological polar surface area (TPSA) is 108 Å². The summed E-state index contributed by atoms with van der Waals surface area (Å²) in [5.41, 5.74) is 0.883. The number of esters is 3. The Bertz CT molecular complexity index is 990. The van der Waals surface area contributed by atoms with Gasteiger partial charge in [0.15, 0.2) is 0 Å². The van der Waals surface area contributed by atoms with E-state index >= 15 is 0 Å². The average molecular weight is 441 g/mol. The number of nitrogens with one attached hydrogen (secondary N) is 1. The van der Waals surface area contributed by atoms with Crippen molar-refractivity contribution in [3.63, 3.8) is 0 Å². The lowest BCUT2D eigenvalue weighted by atomic mass is 10.0. The molecule has 1 atom stereocenters. The van der Waals surface area contributed by atoms with Gasteiger partial charge >= 0.3 is 17.9 Å². The summed E-state index contributed by atoms with van der Waals surface area (Å²) < 4.78 is 14.8. The minimum Gasteiger partial charge on any atom is -0.467 e. The average Bonchev–Trinajstić information content (AvgIpc) is 2.76. The van der Waals surface area contributed by atoms with Gasteiger partial charge in [0.05, 0.1) is 25.3 Å². The zero-order valence-corrected chi connectivity index (χ0v) is 18.8. The summed E-state index contributed by atoms with van der Waals surface area (Å²) >= 11 is 0. The molecule has 0 radical (unpaired) electrons. The molecule has 0 saturated heterocycles. The molecule has 0 fully saturated rings. The molecule has 1 N–H and O–H groups in total. The highest BCUT2D eigenvalue weighted by Gasteiger charge is 2.24. The SMILES string of the molecule is COC(=O)c1cccc(C(=O)N[C@H](Cc2ccc(C(=O)OC(C)(C)C)cc2)C(=O)OC)c1. The zero-order valence-electron chi connectivity index (χ0n) is 18.8. The van der Waals surface area contributed by atoms with E-state index < -0.39 is 35.5 Å². The Morgan fingerprint density at radius 3 is 2.03 bits per heavy atom. The van der Waals surface area contributed by atoms with E-state index in [4.69, 9.17) is 9.47 Å². The Kier molecular flexibility index (Phi) is 8.12. The minimum atomic E-state index is -0.971. The summed E-state index contributed by atoms with van der Waals surface area (Å²) in [6.45, 7) is 5.34. The normalized spacial score (nSPS) is 11.8. The van der Waals surface area contributed by atoms with Gasteiger partial charge < -0.3 is 19.5 Å². The quantitative estimate of drug-likeness (QED) is 0.520. The Labute approximate surface area is 186 Å². The third kappa shape index (κ3) is 6.94. The minimum absolute atomic E-state index is 0.143. The van der Waals surface area contributed by atoms with Crippen LogP contribution in [0.5, 0.6) is 0 Å². The van der Waals surface area contributed by atoms with Gasteiger partial charge in [0.25, 0.3) is 5.91 Å². The smallest absolute Gasteiger partial charge is 0.338 e. The van der Waals surface area contributed by atoms with Gasteiger partial charge in [-0.2, -0.15) is 0 Å². The molecule has 0 heterocycles. The first kappa shape index (κ1) is 24.6. The van der Waals surface area contributed by atoms with Crippen LogP contribution in [0, 0.1) is 0 Å². The number of methoxy groups -OCH3 is 2. The number of carbonyl (C=O) groups is 4. The van der Waals surface area contributed by atoms with Crippen LogP contribution in [0.25, 0.3) is 0 Å². The van der Waals surface area contributed by atoms with Gasteiger partial charge in [0, 0.05) is 12.0 Å².